The summed E-state index contributed by atoms with van der Waals surface area (Å²) in [6, 6.07) is 4.91. The number of nitro benzene ring substituents is 1. The fourth-order valence-corrected chi connectivity index (χ4v) is 3.66. The SMILES string of the molecule is CCOC1CCN(c2ccc([N+](=O)[O-])c(C(=O)N3CCCC3)c2)CC1. The number of amides is 1. The summed E-state index contributed by atoms with van der Waals surface area (Å²) in [4.78, 5) is 27.5. The Labute approximate surface area is 147 Å². The van der Waals surface area contributed by atoms with Crippen LogP contribution >= 0.6 is 0 Å². The molecule has 1 aromatic rings. The van der Waals surface area contributed by atoms with Crippen molar-refractivity contribution in [3.05, 3.63) is 33.9 Å². The number of hydrogen-bond donors (Lipinski definition) is 0. The molecule has 0 spiro atoms. The van der Waals surface area contributed by atoms with Crippen LogP contribution in [0, 0.1) is 10.1 Å². The van der Waals surface area contributed by atoms with Gasteiger partial charge in [-0.05, 0) is 44.7 Å². The Kier molecular flexibility index (Phi) is 5.53. The molecule has 2 aliphatic heterocycles. The smallest absolute Gasteiger partial charge is 0.282 e. The highest BCUT2D eigenvalue weighted by molar-refractivity contribution is 5.99. The predicted molar refractivity (Wildman–Crippen MR) is 95.1 cm³/mol. The van der Waals surface area contributed by atoms with E-state index in [9.17, 15) is 14.9 Å². The van der Waals surface area contributed by atoms with Gasteiger partial charge in [-0.2, -0.15) is 0 Å². The number of hydrogen-bond acceptors (Lipinski definition) is 5. The van der Waals surface area contributed by atoms with Crippen molar-refractivity contribution in [1.29, 1.82) is 0 Å². The van der Waals surface area contributed by atoms with Crippen LogP contribution in [-0.2, 0) is 4.74 Å². The van der Waals surface area contributed by atoms with Crippen LogP contribution in [0.4, 0.5) is 11.4 Å². The molecule has 7 nitrogen and oxygen atoms in total. The molecule has 0 bridgehead atoms. The van der Waals surface area contributed by atoms with Gasteiger partial charge < -0.3 is 14.5 Å². The molecule has 0 saturated carbocycles. The number of ether oxygens (including phenoxy) is 1. The zero-order valence-electron chi connectivity index (χ0n) is 14.6. The summed E-state index contributed by atoms with van der Waals surface area (Å²) in [6.07, 6.45) is 4.07. The first-order chi connectivity index (χ1) is 12.1. The van der Waals surface area contributed by atoms with Crippen LogP contribution in [0.1, 0.15) is 43.0 Å². The van der Waals surface area contributed by atoms with Crippen molar-refractivity contribution in [2.75, 3.05) is 37.7 Å². The number of carbonyl (C=O) groups is 1. The van der Waals surface area contributed by atoms with Crippen LogP contribution in [0.3, 0.4) is 0 Å². The Morgan fingerprint density at radius 2 is 1.92 bits per heavy atom. The van der Waals surface area contributed by atoms with E-state index in [2.05, 4.69) is 4.90 Å². The fourth-order valence-electron chi connectivity index (χ4n) is 3.66. The Hall–Kier alpha value is -2.15. The lowest BCUT2D eigenvalue weighted by atomic mass is 10.0. The highest BCUT2D eigenvalue weighted by Crippen LogP contribution is 2.29. The number of rotatable bonds is 5. The number of anilines is 1. The van der Waals surface area contributed by atoms with Crippen LogP contribution in [0.5, 0.6) is 0 Å². The van der Waals surface area contributed by atoms with Gasteiger partial charge in [0.15, 0.2) is 0 Å². The first-order valence-electron chi connectivity index (χ1n) is 9.04. The fraction of sp³-hybridized carbons (Fsp3) is 0.611. The topological polar surface area (TPSA) is 75.9 Å². The predicted octanol–water partition coefficient (Wildman–Crippen LogP) is 2.84. The van der Waals surface area contributed by atoms with Crippen molar-refractivity contribution in [3.63, 3.8) is 0 Å². The molecular formula is C18H25N3O4. The molecule has 0 atom stereocenters. The second-order valence-electron chi connectivity index (χ2n) is 6.60. The normalized spacial score (nSPS) is 18.6. The van der Waals surface area contributed by atoms with Gasteiger partial charge in [0.1, 0.15) is 5.56 Å². The molecule has 0 aromatic heterocycles. The average Bonchev–Trinajstić information content (AvgIpc) is 3.16. The van der Waals surface area contributed by atoms with Gasteiger partial charge in [0.05, 0.1) is 11.0 Å². The molecule has 136 valence electrons. The molecule has 0 N–H and O–H groups in total. The lowest BCUT2D eigenvalue weighted by Crippen LogP contribution is -2.37. The molecule has 1 aromatic carbocycles. The van der Waals surface area contributed by atoms with Gasteiger partial charge in [-0.15, -0.1) is 0 Å². The van der Waals surface area contributed by atoms with E-state index in [-0.39, 0.29) is 23.3 Å². The first kappa shape index (κ1) is 17.7. The van der Waals surface area contributed by atoms with Crippen LogP contribution in [0.2, 0.25) is 0 Å². The number of nitro groups is 1. The lowest BCUT2D eigenvalue weighted by Gasteiger charge is -2.33. The Morgan fingerprint density at radius 1 is 1.24 bits per heavy atom. The van der Waals surface area contributed by atoms with E-state index in [1.54, 1.807) is 17.0 Å². The molecule has 0 aliphatic carbocycles. The summed E-state index contributed by atoms with van der Waals surface area (Å²) in [5.41, 5.74) is 0.976. The maximum atomic E-state index is 12.7. The zero-order chi connectivity index (χ0) is 17.8. The maximum absolute atomic E-state index is 12.7. The van der Waals surface area contributed by atoms with E-state index in [1.165, 1.54) is 6.07 Å². The van der Waals surface area contributed by atoms with Crippen LogP contribution in [0.15, 0.2) is 18.2 Å². The first-order valence-corrected chi connectivity index (χ1v) is 9.04. The number of nitrogens with zero attached hydrogens (tertiary/aromatic N) is 3. The van der Waals surface area contributed by atoms with Crippen molar-refractivity contribution in [1.82, 2.24) is 4.90 Å². The minimum atomic E-state index is -0.464. The molecule has 0 unspecified atom stereocenters. The van der Waals surface area contributed by atoms with Gasteiger partial charge in [-0.1, -0.05) is 0 Å². The largest absolute Gasteiger partial charge is 0.378 e. The second kappa shape index (κ2) is 7.82. The standard InChI is InChI=1S/C18H25N3O4/c1-2-25-15-7-11-19(12-8-15)14-5-6-17(21(23)24)16(13-14)18(22)20-9-3-4-10-20/h5-6,13,15H,2-4,7-12H2,1H3. The van der Waals surface area contributed by atoms with Crippen molar-refractivity contribution in [2.24, 2.45) is 0 Å². The lowest BCUT2D eigenvalue weighted by molar-refractivity contribution is -0.385. The molecule has 0 radical (unpaired) electrons. The van der Waals surface area contributed by atoms with Gasteiger partial charge in [-0.3, -0.25) is 14.9 Å². The van der Waals surface area contributed by atoms with E-state index in [0.717, 1.165) is 51.1 Å². The molecule has 3 rings (SSSR count). The molecule has 7 heteroatoms. The van der Waals surface area contributed by atoms with Crippen molar-refractivity contribution < 1.29 is 14.5 Å². The monoisotopic (exact) mass is 347 g/mol. The summed E-state index contributed by atoms with van der Waals surface area (Å²) >= 11 is 0. The van der Waals surface area contributed by atoms with Crippen LogP contribution < -0.4 is 4.90 Å². The Balaban J connectivity index is 1.81. The average molecular weight is 347 g/mol. The van der Waals surface area contributed by atoms with Crippen LogP contribution in [0.25, 0.3) is 0 Å². The van der Waals surface area contributed by atoms with Crippen LogP contribution in [-0.4, -0.2) is 54.6 Å². The minimum Gasteiger partial charge on any atom is -0.378 e. The number of benzene rings is 1. The van der Waals surface area contributed by atoms with Gasteiger partial charge >= 0.3 is 0 Å². The minimum absolute atomic E-state index is 0.107. The summed E-state index contributed by atoms with van der Waals surface area (Å²) in [7, 11) is 0. The summed E-state index contributed by atoms with van der Waals surface area (Å²) in [6.45, 7) is 5.75. The third-order valence-corrected chi connectivity index (χ3v) is 5.01. The molecule has 2 fully saturated rings. The Bertz CT molecular complexity index is 635. The third kappa shape index (κ3) is 3.92. The van der Waals surface area contributed by atoms with Crippen molar-refractivity contribution in [3.8, 4) is 0 Å². The summed E-state index contributed by atoms with van der Waals surface area (Å²) in [5, 5.41) is 11.3. The molecule has 25 heavy (non-hydrogen) atoms. The molecule has 1 amide bonds. The zero-order valence-corrected chi connectivity index (χ0v) is 14.6. The number of piperidine rings is 1. The third-order valence-electron chi connectivity index (χ3n) is 5.01. The van der Waals surface area contributed by atoms with Gasteiger partial charge in [0.2, 0.25) is 0 Å². The molecule has 2 aliphatic rings. The quantitative estimate of drug-likeness (QED) is 0.605. The highest BCUT2D eigenvalue weighted by atomic mass is 16.6. The summed E-state index contributed by atoms with van der Waals surface area (Å²) < 4.78 is 5.67. The Morgan fingerprint density at radius 3 is 2.52 bits per heavy atom. The van der Waals surface area contributed by atoms with Crippen molar-refractivity contribution >= 4 is 17.3 Å². The highest BCUT2D eigenvalue weighted by Gasteiger charge is 2.28. The number of carbonyl (C=O) groups excluding carboxylic acids is 1. The number of likely N-dealkylation sites (tertiary alicyclic amines) is 1. The maximum Gasteiger partial charge on any atom is 0.282 e. The molecule has 2 saturated heterocycles. The van der Waals surface area contributed by atoms with E-state index in [1.807, 2.05) is 6.92 Å². The molecule has 2 heterocycles. The van der Waals surface area contributed by atoms with Gasteiger partial charge in [0, 0.05) is 44.5 Å². The van der Waals surface area contributed by atoms with E-state index < -0.39 is 4.92 Å². The van der Waals surface area contributed by atoms with Crippen molar-refractivity contribution in [2.45, 2.75) is 38.7 Å². The van der Waals surface area contributed by atoms with Gasteiger partial charge in [0.25, 0.3) is 11.6 Å². The van der Waals surface area contributed by atoms with Gasteiger partial charge in [-0.25, -0.2) is 0 Å². The summed E-state index contributed by atoms with van der Waals surface area (Å²) in [5.74, 6) is -0.227. The van der Waals surface area contributed by atoms with E-state index >= 15 is 0 Å². The van der Waals surface area contributed by atoms with E-state index in [4.69, 9.17) is 4.74 Å². The van der Waals surface area contributed by atoms with E-state index in [0.29, 0.717) is 13.1 Å². The second-order valence-corrected chi connectivity index (χ2v) is 6.60. The molecular weight excluding hydrogens is 322 g/mol.